The minimum absolute atomic E-state index is 0.0132. The maximum atomic E-state index is 12.6. The molecule has 0 aliphatic carbocycles. The first-order chi connectivity index (χ1) is 14.4. The lowest BCUT2D eigenvalue weighted by Crippen LogP contribution is -2.20. The quantitative estimate of drug-likeness (QED) is 0.537. The van der Waals surface area contributed by atoms with Gasteiger partial charge in [0.15, 0.2) is 9.84 Å². The van der Waals surface area contributed by atoms with E-state index >= 15 is 0 Å². The van der Waals surface area contributed by atoms with Crippen LogP contribution in [0.2, 0.25) is 0 Å². The molecule has 0 spiro atoms. The number of aromatic nitrogens is 1. The smallest absolute Gasteiger partial charge is 0.341 e. The molecule has 3 aromatic rings. The fourth-order valence-corrected chi connectivity index (χ4v) is 7.76. The van der Waals surface area contributed by atoms with Crippen molar-refractivity contribution in [2.45, 2.75) is 25.5 Å². The maximum absolute atomic E-state index is 12.6. The molecule has 11 heteroatoms. The van der Waals surface area contributed by atoms with Crippen LogP contribution in [0.1, 0.15) is 33.4 Å². The Morgan fingerprint density at radius 3 is 2.87 bits per heavy atom. The summed E-state index contributed by atoms with van der Waals surface area (Å²) in [6.07, 6.45) is 0.304. The summed E-state index contributed by atoms with van der Waals surface area (Å²) in [7, 11) is -3.20. The van der Waals surface area contributed by atoms with Crippen LogP contribution in [0.5, 0.6) is 0 Å². The lowest BCUT2D eigenvalue weighted by molar-refractivity contribution is -0.115. The van der Waals surface area contributed by atoms with E-state index in [1.165, 1.54) is 11.3 Å². The van der Waals surface area contributed by atoms with Gasteiger partial charge in [0.05, 0.1) is 35.8 Å². The highest BCUT2D eigenvalue weighted by Gasteiger charge is 2.32. The van der Waals surface area contributed by atoms with Crippen LogP contribution in [-0.2, 0) is 38.0 Å². The maximum Gasteiger partial charge on any atom is 0.341 e. The van der Waals surface area contributed by atoms with Crippen molar-refractivity contribution in [3.8, 4) is 10.6 Å². The fourth-order valence-electron chi connectivity index (χ4n) is 3.17. The Morgan fingerprint density at radius 2 is 2.13 bits per heavy atom. The molecule has 1 aliphatic rings. The molecular formula is C19H18N2O5S4. The van der Waals surface area contributed by atoms with Gasteiger partial charge in [0.25, 0.3) is 0 Å². The van der Waals surface area contributed by atoms with Crippen LogP contribution in [-0.4, -0.2) is 37.6 Å². The molecule has 0 bridgehead atoms. The third kappa shape index (κ3) is 4.48. The Hall–Kier alpha value is -2.08. The number of hydrogen-bond donors (Lipinski definition) is 1. The van der Waals surface area contributed by atoms with E-state index < -0.39 is 15.8 Å². The highest BCUT2D eigenvalue weighted by atomic mass is 32.2. The molecule has 0 saturated heterocycles. The van der Waals surface area contributed by atoms with Crippen molar-refractivity contribution in [3.05, 3.63) is 43.9 Å². The summed E-state index contributed by atoms with van der Waals surface area (Å²) in [6.45, 7) is 1.89. The Morgan fingerprint density at radius 1 is 1.30 bits per heavy atom. The number of carbonyl (C=O) groups is 2. The minimum Gasteiger partial charge on any atom is -0.462 e. The summed E-state index contributed by atoms with van der Waals surface area (Å²) in [4.78, 5) is 30.2. The average Bonchev–Trinajstić information content (AvgIpc) is 3.39. The molecule has 30 heavy (non-hydrogen) atoms. The van der Waals surface area contributed by atoms with Gasteiger partial charge >= 0.3 is 5.97 Å². The normalized spacial score (nSPS) is 14.8. The van der Waals surface area contributed by atoms with Crippen LogP contribution in [0, 0.1) is 0 Å². The summed E-state index contributed by atoms with van der Waals surface area (Å²) in [5.41, 5.74) is 2.60. The standard InChI is InChI=1S/C19H18N2O5S4/c1-2-26-19(23)16-13-4-6-30(24,25)10-14(13)29-18(16)21-15(22)7-12-9-28-17(20-12)11-3-5-27-8-11/h3,5,8-9H,2,4,6-7,10H2,1H3,(H,21,22). The Labute approximate surface area is 185 Å². The molecule has 3 aromatic heterocycles. The first-order valence-corrected chi connectivity index (χ1v) is 13.6. The molecule has 0 radical (unpaired) electrons. The van der Waals surface area contributed by atoms with E-state index in [-0.39, 0.29) is 42.4 Å². The zero-order valence-electron chi connectivity index (χ0n) is 16.0. The minimum atomic E-state index is -3.20. The number of anilines is 1. The molecule has 4 heterocycles. The van der Waals surface area contributed by atoms with Crippen molar-refractivity contribution >= 4 is 60.7 Å². The van der Waals surface area contributed by atoms with Crippen LogP contribution >= 0.6 is 34.0 Å². The van der Waals surface area contributed by atoms with Crippen molar-refractivity contribution in [3.63, 3.8) is 0 Å². The number of ether oxygens (including phenoxy) is 1. The summed E-state index contributed by atoms with van der Waals surface area (Å²) >= 11 is 4.18. The predicted molar refractivity (Wildman–Crippen MR) is 119 cm³/mol. The highest BCUT2D eigenvalue weighted by molar-refractivity contribution is 7.90. The Balaban J connectivity index is 1.55. The van der Waals surface area contributed by atoms with Gasteiger partial charge in [-0.1, -0.05) is 0 Å². The molecule has 1 N–H and O–H groups in total. The van der Waals surface area contributed by atoms with Gasteiger partial charge in [-0.3, -0.25) is 4.79 Å². The van der Waals surface area contributed by atoms with Crippen molar-refractivity contribution < 1.29 is 22.7 Å². The van der Waals surface area contributed by atoms with Gasteiger partial charge in [0, 0.05) is 21.2 Å². The van der Waals surface area contributed by atoms with Crippen LogP contribution in [0.25, 0.3) is 10.6 Å². The summed E-state index contributed by atoms with van der Waals surface area (Å²) in [6, 6.07) is 1.98. The molecular weight excluding hydrogens is 464 g/mol. The van der Waals surface area contributed by atoms with E-state index in [9.17, 15) is 18.0 Å². The van der Waals surface area contributed by atoms with Gasteiger partial charge in [-0.15, -0.1) is 22.7 Å². The van der Waals surface area contributed by atoms with Crippen molar-refractivity contribution in [2.24, 2.45) is 0 Å². The van der Waals surface area contributed by atoms with Crippen molar-refractivity contribution in [1.82, 2.24) is 4.98 Å². The molecule has 0 fully saturated rings. The summed E-state index contributed by atoms with van der Waals surface area (Å²) < 4.78 is 29.1. The Kier molecular flexibility index (Phi) is 6.05. The van der Waals surface area contributed by atoms with Gasteiger partial charge in [-0.05, 0) is 30.4 Å². The molecule has 0 aromatic carbocycles. The summed E-state index contributed by atoms with van der Waals surface area (Å²) in [5.74, 6) is -0.992. The first kappa shape index (κ1) is 21.2. The number of nitrogens with one attached hydrogen (secondary N) is 1. The number of fused-ring (bicyclic) bond motifs is 1. The number of carbonyl (C=O) groups excluding carboxylic acids is 2. The van der Waals surface area contributed by atoms with Gasteiger partial charge in [0.2, 0.25) is 5.91 Å². The highest BCUT2D eigenvalue weighted by Crippen LogP contribution is 2.38. The van der Waals surface area contributed by atoms with Crippen molar-refractivity contribution in [1.29, 1.82) is 0 Å². The number of sulfone groups is 1. The second kappa shape index (κ2) is 8.58. The van der Waals surface area contributed by atoms with E-state index in [1.807, 2.05) is 22.2 Å². The van der Waals surface area contributed by atoms with E-state index in [0.29, 0.717) is 21.1 Å². The number of nitrogens with zero attached hydrogens (tertiary/aromatic N) is 1. The number of hydrogen-bond acceptors (Lipinski definition) is 9. The molecule has 1 amide bonds. The van der Waals surface area contributed by atoms with E-state index in [2.05, 4.69) is 10.3 Å². The second-order valence-electron chi connectivity index (χ2n) is 6.65. The molecule has 1 aliphatic heterocycles. The molecule has 4 rings (SSSR count). The topological polar surface area (TPSA) is 102 Å². The van der Waals surface area contributed by atoms with Gasteiger partial charge in [-0.25, -0.2) is 18.2 Å². The second-order valence-corrected chi connectivity index (χ2v) is 11.6. The zero-order valence-corrected chi connectivity index (χ0v) is 19.2. The van der Waals surface area contributed by atoms with Crippen LogP contribution in [0.15, 0.2) is 22.2 Å². The van der Waals surface area contributed by atoms with Gasteiger partial charge in [0.1, 0.15) is 10.0 Å². The predicted octanol–water partition coefficient (Wildman–Crippen LogP) is 3.76. The average molecular weight is 483 g/mol. The number of thiophene rings is 2. The Bertz CT molecular complexity index is 1190. The zero-order chi connectivity index (χ0) is 21.3. The van der Waals surface area contributed by atoms with E-state index in [4.69, 9.17) is 4.74 Å². The van der Waals surface area contributed by atoms with Crippen molar-refractivity contribution in [2.75, 3.05) is 17.7 Å². The summed E-state index contributed by atoms with van der Waals surface area (Å²) in [5, 5.41) is 9.78. The van der Waals surface area contributed by atoms with Crippen LogP contribution < -0.4 is 5.32 Å². The van der Waals surface area contributed by atoms with Gasteiger partial charge < -0.3 is 10.1 Å². The fraction of sp³-hybridized carbons (Fsp3) is 0.316. The van der Waals surface area contributed by atoms with Crippen LogP contribution in [0.3, 0.4) is 0 Å². The number of esters is 1. The molecule has 0 saturated carbocycles. The monoisotopic (exact) mass is 482 g/mol. The van der Waals surface area contributed by atoms with E-state index in [1.54, 1.807) is 18.3 Å². The molecule has 0 atom stereocenters. The van der Waals surface area contributed by atoms with E-state index in [0.717, 1.165) is 21.9 Å². The first-order valence-electron chi connectivity index (χ1n) is 9.15. The number of amides is 1. The molecule has 7 nitrogen and oxygen atoms in total. The third-order valence-corrected chi connectivity index (χ3v) is 9.01. The molecule has 158 valence electrons. The SMILES string of the molecule is CCOC(=O)c1c(NC(=O)Cc2csc(-c3ccsc3)n2)sc2c1CCS(=O)(=O)C2. The lowest BCUT2D eigenvalue weighted by atomic mass is 10.1. The molecule has 0 unspecified atom stereocenters. The number of thiazole rings is 1. The van der Waals surface area contributed by atoms with Crippen LogP contribution in [0.4, 0.5) is 5.00 Å². The van der Waals surface area contributed by atoms with Gasteiger partial charge in [-0.2, -0.15) is 11.3 Å². The largest absolute Gasteiger partial charge is 0.462 e. The number of rotatable bonds is 6. The lowest BCUT2D eigenvalue weighted by Gasteiger charge is -2.13. The third-order valence-electron chi connectivity index (χ3n) is 4.50.